The fourth-order valence-electron chi connectivity index (χ4n) is 0.932. The van der Waals surface area contributed by atoms with Crippen LogP contribution in [0.3, 0.4) is 0 Å². The average Bonchev–Trinajstić information content (AvgIpc) is 2.04. The van der Waals surface area contributed by atoms with Crippen LogP contribution in [0, 0.1) is 5.82 Å². The van der Waals surface area contributed by atoms with Gasteiger partial charge in [-0.15, -0.1) is 0 Å². The van der Waals surface area contributed by atoms with Gasteiger partial charge >= 0.3 is 0 Å². The lowest BCUT2D eigenvalue weighted by Gasteiger charge is -2.08. The molecule has 0 heterocycles. The molecule has 1 aromatic carbocycles. The van der Waals surface area contributed by atoms with Gasteiger partial charge in [0.2, 0.25) is 0 Å². The Morgan fingerprint density at radius 1 is 1.36 bits per heavy atom. The summed E-state index contributed by atoms with van der Waals surface area (Å²) in [6.45, 7) is 2.00. The van der Waals surface area contributed by atoms with Crippen molar-refractivity contribution < 1.29 is 4.39 Å². The molecule has 0 aliphatic heterocycles. The maximum Gasteiger partial charge on any atom is 0.127 e. The summed E-state index contributed by atoms with van der Waals surface area (Å²) in [5.41, 5.74) is 0.792. The summed E-state index contributed by atoms with van der Waals surface area (Å²) in [5.74, 6) is -0.102. The molecule has 1 aromatic rings. The van der Waals surface area contributed by atoms with Crippen LogP contribution in [0.15, 0.2) is 24.3 Å². The van der Waals surface area contributed by atoms with Crippen molar-refractivity contribution in [1.82, 2.24) is 0 Å². The van der Waals surface area contributed by atoms with E-state index in [1.54, 1.807) is 17.8 Å². The van der Waals surface area contributed by atoms with Crippen LogP contribution in [0.4, 0.5) is 4.39 Å². The molecule has 0 fully saturated rings. The van der Waals surface area contributed by atoms with Crippen molar-refractivity contribution in [1.29, 1.82) is 0 Å². The van der Waals surface area contributed by atoms with E-state index in [1.807, 2.05) is 25.3 Å². The molecule has 0 amide bonds. The molecule has 0 aliphatic carbocycles. The zero-order chi connectivity index (χ0) is 8.27. The largest absolute Gasteiger partial charge is 0.207 e. The van der Waals surface area contributed by atoms with Gasteiger partial charge in [0.05, 0.1) is 0 Å². The molecule has 0 N–H and O–H groups in total. The molecule has 0 spiro atoms. The third-order valence-corrected chi connectivity index (χ3v) is 2.66. The van der Waals surface area contributed by atoms with E-state index in [1.165, 1.54) is 6.07 Å². The summed E-state index contributed by atoms with van der Waals surface area (Å²) in [7, 11) is 0. The topological polar surface area (TPSA) is 0 Å². The van der Waals surface area contributed by atoms with Gasteiger partial charge in [-0.05, 0) is 19.2 Å². The molecule has 60 valence electrons. The molecule has 0 radical (unpaired) electrons. The van der Waals surface area contributed by atoms with Crippen molar-refractivity contribution >= 4 is 11.8 Å². The summed E-state index contributed by atoms with van der Waals surface area (Å²) in [6.07, 6.45) is 1.98. The number of hydrogen-bond acceptors (Lipinski definition) is 1. The van der Waals surface area contributed by atoms with Gasteiger partial charge in [-0.25, -0.2) is 4.39 Å². The Balaban J connectivity index is 2.93. The van der Waals surface area contributed by atoms with Crippen LogP contribution in [-0.4, -0.2) is 6.26 Å². The van der Waals surface area contributed by atoms with E-state index in [-0.39, 0.29) is 11.1 Å². The third-order valence-electron chi connectivity index (χ3n) is 1.70. The molecule has 0 unspecified atom stereocenters. The van der Waals surface area contributed by atoms with Gasteiger partial charge in [0.1, 0.15) is 5.82 Å². The van der Waals surface area contributed by atoms with E-state index in [0.29, 0.717) is 0 Å². The first-order valence-electron chi connectivity index (χ1n) is 3.53. The molecule has 0 saturated heterocycles. The second kappa shape index (κ2) is 3.77. The molecule has 0 bridgehead atoms. The van der Waals surface area contributed by atoms with Crippen LogP contribution in [0.1, 0.15) is 17.7 Å². The van der Waals surface area contributed by atoms with Gasteiger partial charge in [-0.1, -0.05) is 18.2 Å². The van der Waals surface area contributed by atoms with Crippen molar-refractivity contribution in [3.8, 4) is 0 Å². The Morgan fingerprint density at radius 3 is 2.55 bits per heavy atom. The highest BCUT2D eigenvalue weighted by Gasteiger charge is 2.07. The van der Waals surface area contributed by atoms with E-state index in [4.69, 9.17) is 0 Å². The number of rotatable bonds is 2. The van der Waals surface area contributed by atoms with E-state index in [2.05, 4.69) is 0 Å². The molecule has 0 nitrogen and oxygen atoms in total. The SMILES string of the molecule is CS[C@@H](C)c1ccccc1F. The van der Waals surface area contributed by atoms with Crippen molar-refractivity contribution in [3.63, 3.8) is 0 Å². The molecular weight excluding hydrogens is 159 g/mol. The quantitative estimate of drug-likeness (QED) is 0.656. The smallest absolute Gasteiger partial charge is 0.127 e. The highest BCUT2D eigenvalue weighted by Crippen LogP contribution is 2.27. The van der Waals surface area contributed by atoms with Crippen molar-refractivity contribution in [2.75, 3.05) is 6.26 Å². The lowest BCUT2D eigenvalue weighted by Crippen LogP contribution is -1.91. The van der Waals surface area contributed by atoms with Crippen LogP contribution < -0.4 is 0 Å². The molecule has 0 aliphatic rings. The van der Waals surface area contributed by atoms with Gasteiger partial charge in [-0.3, -0.25) is 0 Å². The number of hydrogen-bond donors (Lipinski definition) is 0. The zero-order valence-corrected chi connectivity index (χ0v) is 7.49. The molecule has 0 saturated carbocycles. The standard InChI is InChI=1S/C9H11FS/c1-7(11-2)8-5-3-4-6-9(8)10/h3-7H,1-2H3/t7-/m0/s1. The molecule has 11 heavy (non-hydrogen) atoms. The van der Waals surface area contributed by atoms with Gasteiger partial charge in [0.25, 0.3) is 0 Å². The molecule has 1 rings (SSSR count). The molecular formula is C9H11FS. The highest BCUT2D eigenvalue weighted by molar-refractivity contribution is 7.98. The van der Waals surface area contributed by atoms with Crippen LogP contribution in [0.25, 0.3) is 0 Å². The Hall–Kier alpha value is -0.500. The fraction of sp³-hybridized carbons (Fsp3) is 0.333. The van der Waals surface area contributed by atoms with Crippen LogP contribution in [0.5, 0.6) is 0 Å². The Bertz CT molecular complexity index is 235. The summed E-state index contributed by atoms with van der Waals surface area (Å²) >= 11 is 1.65. The average molecular weight is 170 g/mol. The van der Waals surface area contributed by atoms with Crippen LogP contribution in [-0.2, 0) is 0 Å². The van der Waals surface area contributed by atoms with Crippen LogP contribution in [0.2, 0.25) is 0 Å². The Kier molecular flexibility index (Phi) is 2.94. The van der Waals surface area contributed by atoms with Crippen molar-refractivity contribution in [3.05, 3.63) is 35.6 Å². The van der Waals surface area contributed by atoms with E-state index < -0.39 is 0 Å². The summed E-state index contributed by atoms with van der Waals surface area (Å²) in [5, 5.41) is 0.246. The summed E-state index contributed by atoms with van der Waals surface area (Å²) in [6, 6.07) is 6.91. The molecule has 0 aromatic heterocycles. The minimum absolute atomic E-state index is 0.102. The second-order valence-corrected chi connectivity index (χ2v) is 3.58. The van der Waals surface area contributed by atoms with Crippen LogP contribution >= 0.6 is 11.8 Å². The monoisotopic (exact) mass is 170 g/mol. The highest BCUT2D eigenvalue weighted by atomic mass is 32.2. The minimum Gasteiger partial charge on any atom is -0.207 e. The van der Waals surface area contributed by atoms with Gasteiger partial charge in [0, 0.05) is 10.8 Å². The van der Waals surface area contributed by atoms with E-state index in [9.17, 15) is 4.39 Å². The van der Waals surface area contributed by atoms with Crippen molar-refractivity contribution in [2.24, 2.45) is 0 Å². The molecule has 1 atom stereocenters. The van der Waals surface area contributed by atoms with Crippen molar-refractivity contribution in [2.45, 2.75) is 12.2 Å². The minimum atomic E-state index is -0.102. The number of halogens is 1. The van der Waals surface area contributed by atoms with E-state index in [0.717, 1.165) is 5.56 Å². The predicted octanol–water partition coefficient (Wildman–Crippen LogP) is 3.25. The number of benzene rings is 1. The van der Waals surface area contributed by atoms with E-state index >= 15 is 0 Å². The molecule has 2 heteroatoms. The van der Waals surface area contributed by atoms with Gasteiger partial charge in [-0.2, -0.15) is 11.8 Å². The third kappa shape index (κ3) is 1.96. The summed E-state index contributed by atoms with van der Waals surface area (Å²) < 4.78 is 13.0. The maximum atomic E-state index is 13.0. The van der Waals surface area contributed by atoms with Gasteiger partial charge in [0.15, 0.2) is 0 Å². The summed E-state index contributed by atoms with van der Waals surface area (Å²) in [4.78, 5) is 0. The lowest BCUT2D eigenvalue weighted by atomic mass is 10.1. The zero-order valence-electron chi connectivity index (χ0n) is 6.67. The fourth-order valence-corrected chi connectivity index (χ4v) is 1.38. The predicted molar refractivity (Wildman–Crippen MR) is 48.3 cm³/mol. The lowest BCUT2D eigenvalue weighted by molar-refractivity contribution is 0.611. The van der Waals surface area contributed by atoms with Gasteiger partial charge < -0.3 is 0 Å². The maximum absolute atomic E-state index is 13.0. The first-order valence-corrected chi connectivity index (χ1v) is 4.81. The second-order valence-electron chi connectivity index (χ2n) is 2.40. The Labute approximate surface area is 70.8 Å². The first-order chi connectivity index (χ1) is 5.25. The normalized spacial score (nSPS) is 13.0. The first kappa shape index (κ1) is 8.60. The Morgan fingerprint density at radius 2 is 2.00 bits per heavy atom. The number of thioether (sulfide) groups is 1.